The second-order valence-corrected chi connectivity index (χ2v) is 3.75. The summed E-state index contributed by atoms with van der Waals surface area (Å²) in [4.78, 5) is 10.6. The smallest absolute Gasteiger partial charge is 0.143 e. The van der Waals surface area contributed by atoms with Gasteiger partial charge in [0.05, 0.1) is 6.54 Å². The summed E-state index contributed by atoms with van der Waals surface area (Å²) in [7, 11) is 0. The van der Waals surface area contributed by atoms with Gasteiger partial charge >= 0.3 is 0 Å². The molecule has 2 nitrogen and oxygen atoms in total. The molecule has 0 aromatic heterocycles. The number of carbonyl (C=O) groups excluding carboxylic acids is 1. The van der Waals surface area contributed by atoms with Crippen molar-refractivity contribution in [2.24, 2.45) is 0 Å². The number of benzene rings is 1. The second-order valence-electron chi connectivity index (χ2n) is 2.90. The first-order valence-corrected chi connectivity index (χ1v) is 4.93. The number of nitrogens with one attached hydrogen (secondary N) is 1. The van der Waals surface area contributed by atoms with Gasteiger partial charge in [-0.15, -0.1) is 0 Å². The fraction of sp³-hybridized carbons (Fsp3) is 0.300. The SMILES string of the molecule is CC(=O)CNCc1ccccc1Br. The summed E-state index contributed by atoms with van der Waals surface area (Å²) >= 11 is 3.44. The van der Waals surface area contributed by atoms with Gasteiger partial charge in [0.25, 0.3) is 0 Å². The van der Waals surface area contributed by atoms with Crippen LogP contribution in [-0.2, 0) is 11.3 Å². The molecule has 0 saturated carbocycles. The lowest BCUT2D eigenvalue weighted by Gasteiger charge is -2.04. The van der Waals surface area contributed by atoms with Crippen LogP contribution in [0.2, 0.25) is 0 Å². The third kappa shape index (κ3) is 3.70. The largest absolute Gasteiger partial charge is 0.306 e. The zero-order chi connectivity index (χ0) is 9.68. The Kier molecular flexibility index (Phi) is 4.12. The van der Waals surface area contributed by atoms with Crippen LogP contribution in [-0.4, -0.2) is 12.3 Å². The summed E-state index contributed by atoms with van der Waals surface area (Å²) in [6, 6.07) is 7.97. The fourth-order valence-corrected chi connectivity index (χ4v) is 1.44. The Labute approximate surface area is 86.5 Å². The molecule has 1 aromatic rings. The number of hydrogen-bond donors (Lipinski definition) is 1. The second kappa shape index (κ2) is 5.14. The minimum atomic E-state index is 0.159. The lowest BCUT2D eigenvalue weighted by atomic mass is 10.2. The topological polar surface area (TPSA) is 29.1 Å². The normalized spacial score (nSPS) is 10.0. The summed E-state index contributed by atoms with van der Waals surface area (Å²) in [5, 5.41) is 3.06. The van der Waals surface area contributed by atoms with E-state index in [1.54, 1.807) is 6.92 Å². The number of carbonyl (C=O) groups is 1. The summed E-state index contributed by atoms with van der Waals surface area (Å²) < 4.78 is 1.08. The Balaban J connectivity index is 2.45. The lowest BCUT2D eigenvalue weighted by Crippen LogP contribution is -2.20. The molecule has 0 unspecified atom stereocenters. The van der Waals surface area contributed by atoms with Crippen molar-refractivity contribution >= 4 is 21.7 Å². The number of hydrogen-bond acceptors (Lipinski definition) is 2. The number of ketones is 1. The van der Waals surface area contributed by atoms with Gasteiger partial charge in [0, 0.05) is 11.0 Å². The molecule has 1 aromatic carbocycles. The molecule has 0 bridgehead atoms. The van der Waals surface area contributed by atoms with Crippen LogP contribution < -0.4 is 5.32 Å². The van der Waals surface area contributed by atoms with Gasteiger partial charge in [-0.25, -0.2) is 0 Å². The molecule has 0 fully saturated rings. The zero-order valence-corrected chi connectivity index (χ0v) is 9.10. The van der Waals surface area contributed by atoms with Crippen molar-refractivity contribution in [2.45, 2.75) is 13.5 Å². The molecule has 0 amide bonds. The van der Waals surface area contributed by atoms with Gasteiger partial charge in [-0.2, -0.15) is 0 Å². The molecule has 13 heavy (non-hydrogen) atoms. The molecule has 0 spiro atoms. The fourth-order valence-electron chi connectivity index (χ4n) is 1.01. The van der Waals surface area contributed by atoms with Crippen LogP contribution in [0.25, 0.3) is 0 Å². The van der Waals surface area contributed by atoms with E-state index < -0.39 is 0 Å². The summed E-state index contributed by atoms with van der Waals surface area (Å²) in [5.41, 5.74) is 1.17. The third-order valence-electron chi connectivity index (χ3n) is 1.65. The van der Waals surface area contributed by atoms with Crippen molar-refractivity contribution in [3.8, 4) is 0 Å². The molecule has 0 saturated heterocycles. The maximum atomic E-state index is 10.6. The number of halogens is 1. The molecule has 1 N–H and O–H groups in total. The Morgan fingerprint density at radius 1 is 1.46 bits per heavy atom. The van der Waals surface area contributed by atoms with Crippen LogP contribution in [0.3, 0.4) is 0 Å². The van der Waals surface area contributed by atoms with Crippen molar-refractivity contribution in [3.05, 3.63) is 34.3 Å². The lowest BCUT2D eigenvalue weighted by molar-refractivity contribution is -0.116. The minimum Gasteiger partial charge on any atom is -0.306 e. The molecule has 1 rings (SSSR count). The maximum absolute atomic E-state index is 10.6. The van der Waals surface area contributed by atoms with Crippen molar-refractivity contribution in [1.29, 1.82) is 0 Å². The Morgan fingerprint density at radius 3 is 2.77 bits per heavy atom. The highest BCUT2D eigenvalue weighted by atomic mass is 79.9. The Morgan fingerprint density at radius 2 is 2.15 bits per heavy atom. The number of Topliss-reactive ketones (excluding diaryl/α,β-unsaturated/α-hetero) is 1. The van der Waals surface area contributed by atoms with Crippen LogP contribution >= 0.6 is 15.9 Å². The molecule has 0 radical (unpaired) electrons. The maximum Gasteiger partial charge on any atom is 0.143 e. The standard InChI is InChI=1S/C10H12BrNO/c1-8(13)6-12-7-9-4-2-3-5-10(9)11/h2-5,12H,6-7H2,1H3. The first kappa shape index (κ1) is 10.4. The van der Waals surface area contributed by atoms with Gasteiger partial charge in [-0.1, -0.05) is 34.1 Å². The molecule has 70 valence electrons. The predicted molar refractivity (Wildman–Crippen MR) is 56.5 cm³/mol. The van der Waals surface area contributed by atoms with Crippen LogP contribution in [0.4, 0.5) is 0 Å². The predicted octanol–water partition coefficient (Wildman–Crippen LogP) is 2.13. The van der Waals surface area contributed by atoms with E-state index in [0.717, 1.165) is 11.0 Å². The first-order chi connectivity index (χ1) is 6.20. The van der Waals surface area contributed by atoms with E-state index in [2.05, 4.69) is 21.2 Å². The van der Waals surface area contributed by atoms with Gasteiger partial charge in [-0.3, -0.25) is 4.79 Å². The Bertz CT molecular complexity index is 299. The van der Waals surface area contributed by atoms with E-state index >= 15 is 0 Å². The van der Waals surface area contributed by atoms with Gasteiger partial charge in [0.2, 0.25) is 0 Å². The molecule has 0 atom stereocenters. The third-order valence-corrected chi connectivity index (χ3v) is 2.42. The van der Waals surface area contributed by atoms with Gasteiger partial charge < -0.3 is 5.32 Å². The molecular weight excluding hydrogens is 230 g/mol. The Hall–Kier alpha value is -0.670. The van der Waals surface area contributed by atoms with Crippen molar-refractivity contribution < 1.29 is 4.79 Å². The van der Waals surface area contributed by atoms with Crippen LogP contribution in [0.1, 0.15) is 12.5 Å². The molecule has 0 aliphatic rings. The quantitative estimate of drug-likeness (QED) is 0.876. The molecule has 0 aliphatic carbocycles. The van der Waals surface area contributed by atoms with Crippen LogP contribution in [0.15, 0.2) is 28.7 Å². The van der Waals surface area contributed by atoms with E-state index in [4.69, 9.17) is 0 Å². The van der Waals surface area contributed by atoms with E-state index in [-0.39, 0.29) is 5.78 Å². The minimum absolute atomic E-state index is 0.159. The molecular formula is C10H12BrNO. The van der Waals surface area contributed by atoms with E-state index in [9.17, 15) is 4.79 Å². The summed E-state index contributed by atoms with van der Waals surface area (Å²) in [6.07, 6.45) is 0. The highest BCUT2D eigenvalue weighted by molar-refractivity contribution is 9.10. The highest BCUT2D eigenvalue weighted by Gasteiger charge is 1.97. The monoisotopic (exact) mass is 241 g/mol. The van der Waals surface area contributed by atoms with E-state index in [1.165, 1.54) is 5.56 Å². The summed E-state index contributed by atoms with van der Waals surface area (Å²) in [6.45, 7) is 2.73. The zero-order valence-electron chi connectivity index (χ0n) is 7.51. The average Bonchev–Trinajstić information content (AvgIpc) is 2.08. The van der Waals surface area contributed by atoms with Gasteiger partial charge in [0.1, 0.15) is 5.78 Å². The average molecular weight is 242 g/mol. The molecule has 0 heterocycles. The van der Waals surface area contributed by atoms with E-state index in [0.29, 0.717) is 6.54 Å². The van der Waals surface area contributed by atoms with Crippen molar-refractivity contribution in [2.75, 3.05) is 6.54 Å². The van der Waals surface area contributed by atoms with Gasteiger partial charge in [0.15, 0.2) is 0 Å². The number of rotatable bonds is 4. The van der Waals surface area contributed by atoms with Crippen LogP contribution in [0.5, 0.6) is 0 Å². The summed E-state index contributed by atoms with van der Waals surface area (Å²) in [5.74, 6) is 0.159. The van der Waals surface area contributed by atoms with E-state index in [1.807, 2.05) is 24.3 Å². The highest BCUT2D eigenvalue weighted by Crippen LogP contribution is 2.14. The molecule has 0 aliphatic heterocycles. The van der Waals surface area contributed by atoms with Crippen LogP contribution in [0, 0.1) is 0 Å². The van der Waals surface area contributed by atoms with Crippen molar-refractivity contribution in [3.63, 3.8) is 0 Å². The molecule has 3 heteroatoms. The van der Waals surface area contributed by atoms with Crippen molar-refractivity contribution in [1.82, 2.24) is 5.32 Å². The first-order valence-electron chi connectivity index (χ1n) is 4.13. The van der Waals surface area contributed by atoms with Gasteiger partial charge in [-0.05, 0) is 18.6 Å².